The summed E-state index contributed by atoms with van der Waals surface area (Å²) in [7, 11) is 1.58. The summed E-state index contributed by atoms with van der Waals surface area (Å²) in [6, 6.07) is 0. The number of carbonyl (C=O) groups excluding carboxylic acids is 1. The van der Waals surface area contributed by atoms with Gasteiger partial charge >= 0.3 is 0 Å². The normalized spacial score (nSPS) is 17.4. The number of hydrogen-bond acceptors (Lipinski definition) is 5. The van der Waals surface area contributed by atoms with Gasteiger partial charge in [0.25, 0.3) is 0 Å². The number of ether oxygens (including phenoxy) is 1. The maximum absolute atomic E-state index is 12.2. The lowest BCUT2D eigenvalue weighted by Gasteiger charge is -2.28. The van der Waals surface area contributed by atoms with E-state index in [-0.39, 0.29) is 42.4 Å². The molecule has 0 aromatic carbocycles. The number of carbonyl (C=O) groups is 1. The van der Waals surface area contributed by atoms with Crippen LogP contribution in [-0.4, -0.2) is 30.6 Å². The molecular formula is C13H23Cl2N3O2S. The first-order valence-corrected chi connectivity index (χ1v) is 7.52. The molecule has 122 valence electrons. The molecule has 2 rings (SSSR count). The Labute approximate surface area is 141 Å². The molecular weight excluding hydrogens is 333 g/mol. The molecule has 1 atom stereocenters. The predicted octanol–water partition coefficient (Wildman–Crippen LogP) is 2.24. The van der Waals surface area contributed by atoms with Crippen LogP contribution in [0.3, 0.4) is 0 Å². The first-order valence-electron chi connectivity index (χ1n) is 6.64. The highest BCUT2D eigenvalue weighted by Gasteiger charge is 2.39. The summed E-state index contributed by atoms with van der Waals surface area (Å²) < 4.78 is 5.16. The molecule has 0 saturated heterocycles. The van der Waals surface area contributed by atoms with Crippen molar-refractivity contribution in [3.8, 4) is 0 Å². The van der Waals surface area contributed by atoms with Crippen LogP contribution in [0.1, 0.15) is 37.1 Å². The Hall–Kier alpha value is -0.400. The van der Waals surface area contributed by atoms with Crippen molar-refractivity contribution in [2.24, 2.45) is 5.73 Å². The predicted molar refractivity (Wildman–Crippen MR) is 89.4 cm³/mol. The molecule has 1 aliphatic rings. The monoisotopic (exact) mass is 355 g/mol. The largest absolute Gasteiger partial charge is 0.380 e. The molecule has 1 aromatic rings. The number of rotatable bonds is 6. The maximum Gasteiger partial charge on any atom is 0.223 e. The molecule has 1 heterocycles. The van der Waals surface area contributed by atoms with Crippen molar-refractivity contribution < 1.29 is 9.53 Å². The van der Waals surface area contributed by atoms with Crippen LogP contribution in [0.15, 0.2) is 11.6 Å². The number of nitrogens with zero attached hydrogens (tertiary/aromatic N) is 1. The molecule has 21 heavy (non-hydrogen) atoms. The van der Waals surface area contributed by atoms with Crippen LogP contribution < -0.4 is 11.1 Å². The molecule has 0 aliphatic heterocycles. The van der Waals surface area contributed by atoms with Crippen LogP contribution in [-0.2, 0) is 15.1 Å². The van der Waals surface area contributed by atoms with E-state index in [1.807, 2.05) is 5.38 Å². The molecule has 1 saturated carbocycles. The fourth-order valence-corrected chi connectivity index (χ4v) is 3.47. The number of halogens is 2. The van der Waals surface area contributed by atoms with Crippen LogP contribution in [0.5, 0.6) is 0 Å². The molecule has 0 radical (unpaired) electrons. The van der Waals surface area contributed by atoms with Gasteiger partial charge in [-0.1, -0.05) is 12.8 Å². The zero-order valence-electron chi connectivity index (χ0n) is 12.0. The van der Waals surface area contributed by atoms with E-state index in [1.165, 1.54) is 0 Å². The maximum atomic E-state index is 12.2. The Balaban J connectivity index is 0.00000200. The van der Waals surface area contributed by atoms with Crippen molar-refractivity contribution >= 4 is 42.1 Å². The van der Waals surface area contributed by atoms with Gasteiger partial charge < -0.3 is 15.8 Å². The minimum absolute atomic E-state index is 0. The van der Waals surface area contributed by atoms with Crippen molar-refractivity contribution in [1.82, 2.24) is 10.3 Å². The van der Waals surface area contributed by atoms with E-state index in [0.717, 1.165) is 30.7 Å². The lowest BCUT2D eigenvalue weighted by molar-refractivity contribution is -0.125. The van der Waals surface area contributed by atoms with Gasteiger partial charge in [-0.05, 0) is 12.8 Å². The highest BCUT2D eigenvalue weighted by Crippen LogP contribution is 2.39. The number of aromatic nitrogens is 1. The van der Waals surface area contributed by atoms with E-state index in [2.05, 4.69) is 10.3 Å². The SMILES string of the molecule is COC(CN)CC(=O)NC1(c2nccs2)CCCC1.Cl.Cl. The molecule has 5 nitrogen and oxygen atoms in total. The molecule has 8 heteroatoms. The fraction of sp³-hybridized carbons (Fsp3) is 0.692. The molecule has 3 N–H and O–H groups in total. The number of nitrogens with two attached hydrogens (primary N) is 1. The Morgan fingerprint density at radius 3 is 2.67 bits per heavy atom. The van der Waals surface area contributed by atoms with Crippen LogP contribution in [0.2, 0.25) is 0 Å². The lowest BCUT2D eigenvalue weighted by Crippen LogP contribution is -2.45. The zero-order chi connectivity index (χ0) is 13.7. The van der Waals surface area contributed by atoms with Crippen LogP contribution in [0.25, 0.3) is 0 Å². The molecule has 0 bridgehead atoms. The third-order valence-corrected chi connectivity index (χ3v) is 4.66. The van der Waals surface area contributed by atoms with Gasteiger partial charge in [-0.2, -0.15) is 0 Å². The second-order valence-electron chi connectivity index (χ2n) is 4.97. The van der Waals surface area contributed by atoms with Gasteiger partial charge in [0.15, 0.2) is 0 Å². The average molecular weight is 356 g/mol. The second kappa shape index (κ2) is 9.58. The molecule has 1 fully saturated rings. The van der Waals surface area contributed by atoms with Gasteiger partial charge in [0.2, 0.25) is 5.91 Å². The molecule has 1 aromatic heterocycles. The summed E-state index contributed by atoms with van der Waals surface area (Å²) in [5.41, 5.74) is 5.29. The summed E-state index contributed by atoms with van der Waals surface area (Å²) in [5.74, 6) is -0.00519. The molecule has 1 unspecified atom stereocenters. The van der Waals surface area contributed by atoms with Gasteiger partial charge in [-0.3, -0.25) is 4.79 Å². The summed E-state index contributed by atoms with van der Waals surface area (Å²) >= 11 is 1.61. The lowest BCUT2D eigenvalue weighted by atomic mass is 9.98. The Bertz CT molecular complexity index is 408. The number of methoxy groups -OCH3 is 1. The summed E-state index contributed by atoms with van der Waals surface area (Å²) in [5, 5.41) is 6.14. The van der Waals surface area contributed by atoms with E-state index in [9.17, 15) is 4.79 Å². The molecule has 0 spiro atoms. The van der Waals surface area contributed by atoms with E-state index < -0.39 is 0 Å². The first kappa shape index (κ1) is 20.6. The van der Waals surface area contributed by atoms with Crippen molar-refractivity contribution in [3.63, 3.8) is 0 Å². The quantitative estimate of drug-likeness (QED) is 0.820. The van der Waals surface area contributed by atoms with Crippen LogP contribution in [0.4, 0.5) is 0 Å². The van der Waals surface area contributed by atoms with Crippen molar-refractivity contribution in [2.75, 3.05) is 13.7 Å². The Morgan fingerprint density at radius 2 is 2.19 bits per heavy atom. The smallest absolute Gasteiger partial charge is 0.223 e. The topological polar surface area (TPSA) is 77.2 Å². The molecule has 1 aliphatic carbocycles. The van der Waals surface area contributed by atoms with Gasteiger partial charge in [0.1, 0.15) is 5.01 Å². The highest BCUT2D eigenvalue weighted by molar-refractivity contribution is 7.09. The average Bonchev–Trinajstić information content (AvgIpc) is 3.07. The van der Waals surface area contributed by atoms with Crippen LogP contribution in [0, 0.1) is 0 Å². The standard InChI is InChI=1S/C13H21N3O2S.2ClH/c1-18-10(9-14)8-11(17)16-13(4-2-3-5-13)12-15-6-7-19-12;;/h6-7,10H,2-5,8-9,14H2,1H3,(H,16,17);2*1H. The highest BCUT2D eigenvalue weighted by atomic mass is 35.5. The fourth-order valence-electron chi connectivity index (χ4n) is 2.62. The van der Waals surface area contributed by atoms with Gasteiger partial charge in [0, 0.05) is 25.2 Å². The van der Waals surface area contributed by atoms with E-state index in [0.29, 0.717) is 13.0 Å². The number of amides is 1. The van der Waals surface area contributed by atoms with E-state index in [4.69, 9.17) is 10.5 Å². The zero-order valence-corrected chi connectivity index (χ0v) is 14.5. The summed E-state index contributed by atoms with van der Waals surface area (Å²) in [6.07, 6.45) is 6.08. The number of thiazole rings is 1. The van der Waals surface area contributed by atoms with E-state index in [1.54, 1.807) is 24.6 Å². The number of nitrogens with one attached hydrogen (secondary N) is 1. The van der Waals surface area contributed by atoms with Gasteiger partial charge in [0.05, 0.1) is 18.1 Å². The van der Waals surface area contributed by atoms with Crippen LogP contribution >= 0.6 is 36.2 Å². The summed E-state index contributed by atoms with van der Waals surface area (Å²) in [6.45, 7) is 0.355. The third-order valence-electron chi connectivity index (χ3n) is 3.69. The van der Waals surface area contributed by atoms with Crippen molar-refractivity contribution in [2.45, 2.75) is 43.7 Å². The third kappa shape index (κ3) is 5.07. The second-order valence-corrected chi connectivity index (χ2v) is 5.87. The molecule has 1 amide bonds. The summed E-state index contributed by atoms with van der Waals surface area (Å²) in [4.78, 5) is 16.5. The minimum atomic E-state index is -0.266. The van der Waals surface area contributed by atoms with Gasteiger partial charge in [-0.15, -0.1) is 36.2 Å². The Morgan fingerprint density at radius 1 is 1.52 bits per heavy atom. The van der Waals surface area contributed by atoms with Crippen molar-refractivity contribution in [3.05, 3.63) is 16.6 Å². The van der Waals surface area contributed by atoms with Gasteiger partial charge in [-0.25, -0.2) is 4.98 Å². The Kier molecular flexibility index (Phi) is 9.40. The number of hydrogen-bond donors (Lipinski definition) is 2. The van der Waals surface area contributed by atoms with E-state index >= 15 is 0 Å². The first-order chi connectivity index (χ1) is 9.20. The minimum Gasteiger partial charge on any atom is -0.380 e. The van der Waals surface area contributed by atoms with Crippen molar-refractivity contribution in [1.29, 1.82) is 0 Å².